The van der Waals surface area contributed by atoms with Crippen molar-refractivity contribution in [3.8, 4) is 0 Å². The van der Waals surface area contributed by atoms with Crippen molar-refractivity contribution in [1.29, 1.82) is 5.41 Å². The number of rotatable bonds is 4. The van der Waals surface area contributed by atoms with Crippen molar-refractivity contribution in [3.63, 3.8) is 0 Å². The summed E-state index contributed by atoms with van der Waals surface area (Å²) in [6, 6.07) is 2.89. The number of thioether (sulfide) groups is 1. The van der Waals surface area contributed by atoms with E-state index in [0.29, 0.717) is 10.1 Å². The van der Waals surface area contributed by atoms with Gasteiger partial charge in [0.1, 0.15) is 5.01 Å². The molecule has 13 heteroatoms. The molecular weight excluding hydrogens is 394 g/mol. The molecule has 3 N–H and O–H groups in total. The Bertz CT molecular complexity index is 978. The minimum absolute atomic E-state index is 0.0537. The van der Waals surface area contributed by atoms with Crippen molar-refractivity contribution in [2.24, 2.45) is 9.98 Å². The van der Waals surface area contributed by atoms with Crippen LogP contribution in [0, 0.1) is 12.3 Å². The Morgan fingerprint density at radius 3 is 2.89 bits per heavy atom. The molecule has 0 saturated heterocycles. The fourth-order valence-corrected chi connectivity index (χ4v) is 3.08. The summed E-state index contributed by atoms with van der Waals surface area (Å²) < 4.78 is 4.89. The van der Waals surface area contributed by atoms with Crippen LogP contribution in [0.3, 0.4) is 0 Å². The first kappa shape index (κ1) is 18.6. The van der Waals surface area contributed by atoms with Gasteiger partial charge in [0, 0.05) is 0 Å². The van der Waals surface area contributed by atoms with Gasteiger partial charge in [0.2, 0.25) is 11.0 Å². The molecule has 2 aromatic rings. The zero-order valence-electron chi connectivity index (χ0n) is 13.7. The first-order valence-electron chi connectivity index (χ1n) is 7.30. The molecule has 0 fully saturated rings. The Labute approximate surface area is 159 Å². The lowest BCUT2D eigenvalue weighted by Crippen LogP contribution is -2.43. The SMILES string of the molecule is Cc1nnc(NC(=O)CSC2=NC(=N)C(=NC(=O)c3ccco3)C(=O)N2)s1. The highest BCUT2D eigenvalue weighted by Crippen LogP contribution is 2.15. The van der Waals surface area contributed by atoms with E-state index in [0.717, 1.165) is 11.8 Å². The van der Waals surface area contributed by atoms with Crippen LogP contribution in [0.1, 0.15) is 15.6 Å². The Balaban J connectivity index is 1.60. The highest BCUT2D eigenvalue weighted by Gasteiger charge is 2.26. The molecular formula is C14H11N7O4S2. The predicted molar refractivity (Wildman–Crippen MR) is 99.5 cm³/mol. The molecule has 0 aromatic carbocycles. The molecule has 0 spiro atoms. The lowest BCUT2D eigenvalue weighted by Gasteiger charge is -2.14. The van der Waals surface area contributed by atoms with E-state index >= 15 is 0 Å². The topological polar surface area (TPSA) is 163 Å². The van der Waals surface area contributed by atoms with Crippen LogP contribution in [0.15, 0.2) is 32.8 Å². The maximum atomic E-state index is 12.1. The average Bonchev–Trinajstić information content (AvgIpc) is 3.28. The number of furan rings is 1. The fraction of sp³-hybridized carbons (Fsp3) is 0.143. The third-order valence-electron chi connectivity index (χ3n) is 2.93. The van der Waals surface area contributed by atoms with E-state index in [2.05, 4.69) is 30.8 Å². The number of carbonyl (C=O) groups is 3. The van der Waals surface area contributed by atoms with E-state index < -0.39 is 23.4 Å². The van der Waals surface area contributed by atoms with E-state index in [-0.39, 0.29) is 22.6 Å². The van der Waals surface area contributed by atoms with Crippen molar-refractivity contribution in [3.05, 3.63) is 29.2 Å². The van der Waals surface area contributed by atoms with Crippen LogP contribution < -0.4 is 10.6 Å². The summed E-state index contributed by atoms with van der Waals surface area (Å²) in [6.45, 7) is 1.76. The van der Waals surface area contributed by atoms with Crippen LogP contribution in [0.4, 0.5) is 5.13 Å². The molecule has 0 aliphatic carbocycles. The Kier molecular flexibility index (Phi) is 5.52. The van der Waals surface area contributed by atoms with E-state index in [9.17, 15) is 14.4 Å². The van der Waals surface area contributed by atoms with Gasteiger partial charge >= 0.3 is 5.91 Å². The Morgan fingerprint density at radius 1 is 1.44 bits per heavy atom. The standard InChI is InChI=1S/C14H11N7O4S2/c1-6-20-21-14(27-6)16-8(22)5-26-13-18-10(15)9(12(24)19-13)17-11(23)7-3-2-4-25-7/h2-4H,5H2,1H3,(H,16,21,22)(H2,15,18,19,24). The quantitative estimate of drug-likeness (QED) is 0.679. The molecule has 0 atom stereocenters. The molecule has 0 radical (unpaired) electrons. The molecule has 138 valence electrons. The zero-order chi connectivity index (χ0) is 19.4. The molecule has 0 saturated carbocycles. The largest absolute Gasteiger partial charge is 0.459 e. The Morgan fingerprint density at radius 2 is 2.26 bits per heavy atom. The number of aliphatic imine (C=N–C) groups is 2. The number of nitrogens with one attached hydrogen (secondary N) is 3. The highest BCUT2D eigenvalue weighted by atomic mass is 32.2. The Hall–Kier alpha value is -3.19. The van der Waals surface area contributed by atoms with Crippen molar-refractivity contribution in [2.45, 2.75) is 6.92 Å². The number of amides is 3. The lowest BCUT2D eigenvalue weighted by atomic mass is 10.3. The fourth-order valence-electron chi connectivity index (χ4n) is 1.81. The normalized spacial score (nSPS) is 15.4. The number of carbonyl (C=O) groups excluding carboxylic acids is 3. The van der Waals surface area contributed by atoms with Crippen LogP contribution in [-0.2, 0) is 9.59 Å². The number of hydrogen-bond donors (Lipinski definition) is 3. The van der Waals surface area contributed by atoms with E-state index in [1.807, 2.05) is 0 Å². The minimum atomic E-state index is -0.798. The highest BCUT2D eigenvalue weighted by molar-refractivity contribution is 8.14. The number of aryl methyl sites for hydroxylation is 1. The van der Waals surface area contributed by atoms with Gasteiger partial charge in [-0.3, -0.25) is 30.4 Å². The van der Waals surface area contributed by atoms with Gasteiger partial charge in [0.15, 0.2) is 22.5 Å². The third kappa shape index (κ3) is 4.71. The smallest absolute Gasteiger partial charge is 0.313 e. The number of nitrogens with zero attached hydrogens (tertiary/aromatic N) is 4. The van der Waals surface area contributed by atoms with Crippen LogP contribution in [0.25, 0.3) is 0 Å². The first-order chi connectivity index (χ1) is 12.9. The average molecular weight is 405 g/mol. The number of amidine groups is 2. The molecule has 3 amide bonds. The zero-order valence-corrected chi connectivity index (χ0v) is 15.3. The lowest BCUT2D eigenvalue weighted by molar-refractivity contribution is -0.114. The van der Waals surface area contributed by atoms with Gasteiger partial charge in [-0.2, -0.15) is 4.99 Å². The van der Waals surface area contributed by atoms with Crippen LogP contribution in [0.2, 0.25) is 0 Å². The van der Waals surface area contributed by atoms with Crippen molar-refractivity contribution in [1.82, 2.24) is 15.5 Å². The second-order valence-corrected chi connectivity index (χ2v) is 7.07. The van der Waals surface area contributed by atoms with Gasteiger partial charge in [0.05, 0.1) is 12.0 Å². The number of anilines is 1. The molecule has 11 nitrogen and oxygen atoms in total. The van der Waals surface area contributed by atoms with Gasteiger partial charge in [-0.1, -0.05) is 23.1 Å². The summed E-state index contributed by atoms with van der Waals surface area (Å²) in [5, 5.41) is 21.4. The van der Waals surface area contributed by atoms with Gasteiger partial charge in [0.25, 0.3) is 5.91 Å². The summed E-state index contributed by atoms with van der Waals surface area (Å²) in [4.78, 5) is 43.2. The summed E-state index contributed by atoms with van der Waals surface area (Å²) >= 11 is 2.15. The second kappa shape index (κ2) is 8.01. The second-order valence-electron chi connectivity index (χ2n) is 4.93. The summed E-state index contributed by atoms with van der Waals surface area (Å²) in [7, 11) is 0. The summed E-state index contributed by atoms with van der Waals surface area (Å²) in [6.07, 6.45) is 1.29. The third-order valence-corrected chi connectivity index (χ3v) is 4.56. The minimum Gasteiger partial charge on any atom is -0.459 e. The molecule has 3 heterocycles. The van der Waals surface area contributed by atoms with Crippen molar-refractivity contribution in [2.75, 3.05) is 11.1 Å². The molecule has 1 aliphatic heterocycles. The number of hydrogen-bond acceptors (Lipinski definition) is 9. The van der Waals surface area contributed by atoms with Gasteiger partial charge < -0.3 is 4.42 Å². The van der Waals surface area contributed by atoms with Crippen molar-refractivity contribution >= 4 is 62.7 Å². The van der Waals surface area contributed by atoms with E-state index in [1.54, 1.807) is 6.92 Å². The van der Waals surface area contributed by atoms with Crippen LogP contribution >= 0.6 is 23.1 Å². The monoisotopic (exact) mass is 405 g/mol. The predicted octanol–water partition coefficient (Wildman–Crippen LogP) is 0.856. The van der Waals surface area contributed by atoms with E-state index in [1.165, 1.54) is 29.7 Å². The van der Waals surface area contributed by atoms with Gasteiger partial charge in [-0.15, -0.1) is 10.2 Å². The molecule has 3 rings (SSSR count). The maximum Gasteiger partial charge on any atom is 0.313 e. The van der Waals surface area contributed by atoms with Gasteiger partial charge in [-0.05, 0) is 19.1 Å². The van der Waals surface area contributed by atoms with Crippen molar-refractivity contribution < 1.29 is 18.8 Å². The van der Waals surface area contributed by atoms with Crippen LogP contribution in [0.5, 0.6) is 0 Å². The maximum absolute atomic E-state index is 12.1. The molecule has 0 unspecified atom stereocenters. The van der Waals surface area contributed by atoms with Crippen LogP contribution in [-0.4, -0.2) is 50.4 Å². The first-order valence-corrected chi connectivity index (χ1v) is 9.11. The van der Waals surface area contributed by atoms with Gasteiger partial charge in [-0.25, -0.2) is 4.99 Å². The summed E-state index contributed by atoms with van der Waals surface area (Å²) in [5.74, 6) is -2.54. The molecule has 1 aliphatic rings. The van der Waals surface area contributed by atoms with E-state index in [4.69, 9.17) is 9.83 Å². The molecule has 27 heavy (non-hydrogen) atoms. The molecule has 0 bridgehead atoms. The molecule has 2 aromatic heterocycles. The number of aromatic nitrogens is 2. The summed E-state index contributed by atoms with van der Waals surface area (Å²) in [5.41, 5.74) is -0.436.